The number of hydrogen-bond donors (Lipinski definition) is 1. The minimum atomic E-state index is -3.45. The first-order valence-corrected chi connectivity index (χ1v) is 9.42. The average molecular weight is 347 g/mol. The fourth-order valence-corrected chi connectivity index (χ4v) is 2.94. The van der Waals surface area contributed by atoms with E-state index < -0.39 is 10.0 Å². The first-order valence-electron chi connectivity index (χ1n) is 7.20. The maximum Gasteiger partial charge on any atom is 0.232 e. The van der Waals surface area contributed by atoms with Gasteiger partial charge in [-0.15, -0.1) is 0 Å². The van der Waals surface area contributed by atoms with Gasteiger partial charge in [-0.05, 0) is 36.6 Å². The molecule has 1 aromatic carbocycles. The van der Waals surface area contributed by atoms with Crippen molar-refractivity contribution in [1.82, 2.24) is 5.32 Å². The van der Waals surface area contributed by atoms with Crippen LogP contribution in [-0.4, -0.2) is 33.7 Å². The molecule has 22 heavy (non-hydrogen) atoms. The van der Waals surface area contributed by atoms with Gasteiger partial charge in [0.05, 0.1) is 11.9 Å². The van der Waals surface area contributed by atoms with E-state index in [4.69, 9.17) is 11.6 Å². The van der Waals surface area contributed by atoms with Crippen LogP contribution in [0, 0.1) is 5.92 Å². The number of benzene rings is 1. The van der Waals surface area contributed by atoms with E-state index in [0.29, 0.717) is 23.2 Å². The number of nitrogens with one attached hydrogen (secondary N) is 1. The topological polar surface area (TPSA) is 66.5 Å². The van der Waals surface area contributed by atoms with Crippen LogP contribution >= 0.6 is 11.6 Å². The quantitative estimate of drug-likeness (QED) is 0.787. The SMILES string of the molecule is CC(C)CCNC(=O)CCN(c1ccc(Cl)cc1)S(C)(=O)=O. The Hall–Kier alpha value is -1.27. The average Bonchev–Trinajstić information content (AvgIpc) is 2.39. The van der Waals surface area contributed by atoms with Crippen LogP contribution in [0.4, 0.5) is 5.69 Å². The lowest BCUT2D eigenvalue weighted by Crippen LogP contribution is -2.35. The summed E-state index contributed by atoms with van der Waals surface area (Å²) >= 11 is 5.81. The van der Waals surface area contributed by atoms with Crippen LogP contribution in [0.5, 0.6) is 0 Å². The van der Waals surface area contributed by atoms with Crippen LogP contribution in [0.3, 0.4) is 0 Å². The predicted molar refractivity (Wildman–Crippen MR) is 90.7 cm³/mol. The zero-order valence-corrected chi connectivity index (χ0v) is 14.7. The molecule has 0 aromatic heterocycles. The smallest absolute Gasteiger partial charge is 0.232 e. The molecule has 1 N–H and O–H groups in total. The van der Waals surface area contributed by atoms with Crippen LogP contribution in [-0.2, 0) is 14.8 Å². The normalized spacial score (nSPS) is 11.5. The second kappa shape index (κ2) is 8.39. The van der Waals surface area contributed by atoms with Crippen molar-refractivity contribution in [2.75, 3.05) is 23.7 Å². The summed E-state index contributed by atoms with van der Waals surface area (Å²) < 4.78 is 25.0. The third kappa shape index (κ3) is 6.66. The highest BCUT2D eigenvalue weighted by Gasteiger charge is 2.18. The third-order valence-electron chi connectivity index (χ3n) is 3.10. The number of carbonyl (C=O) groups excluding carboxylic acids is 1. The van der Waals surface area contributed by atoms with Crippen LogP contribution in [0.15, 0.2) is 24.3 Å². The fraction of sp³-hybridized carbons (Fsp3) is 0.533. The van der Waals surface area contributed by atoms with Crippen LogP contribution in [0.25, 0.3) is 0 Å². The van der Waals surface area contributed by atoms with E-state index in [2.05, 4.69) is 19.2 Å². The van der Waals surface area contributed by atoms with Gasteiger partial charge in [0.25, 0.3) is 0 Å². The molecule has 0 fully saturated rings. The van der Waals surface area contributed by atoms with E-state index in [9.17, 15) is 13.2 Å². The highest BCUT2D eigenvalue weighted by molar-refractivity contribution is 7.92. The predicted octanol–water partition coefficient (Wildman–Crippen LogP) is 2.66. The van der Waals surface area contributed by atoms with Crippen molar-refractivity contribution in [2.24, 2.45) is 5.92 Å². The molecule has 1 rings (SSSR count). The van der Waals surface area contributed by atoms with Crippen molar-refractivity contribution in [2.45, 2.75) is 26.7 Å². The Labute approximate surface area is 137 Å². The number of anilines is 1. The van der Waals surface area contributed by atoms with Gasteiger partial charge < -0.3 is 5.32 Å². The standard InChI is InChI=1S/C15H23ClN2O3S/c1-12(2)8-10-17-15(19)9-11-18(22(3,20)21)14-6-4-13(16)5-7-14/h4-7,12H,8-11H2,1-3H3,(H,17,19). The number of carbonyl (C=O) groups is 1. The van der Waals surface area contributed by atoms with E-state index >= 15 is 0 Å². The molecule has 0 saturated heterocycles. The van der Waals surface area contributed by atoms with Crippen molar-refractivity contribution < 1.29 is 13.2 Å². The Morgan fingerprint density at radius 1 is 1.27 bits per heavy atom. The van der Waals surface area contributed by atoms with E-state index in [0.717, 1.165) is 12.7 Å². The molecular formula is C15H23ClN2O3S. The highest BCUT2D eigenvalue weighted by Crippen LogP contribution is 2.20. The lowest BCUT2D eigenvalue weighted by Gasteiger charge is -2.22. The number of amides is 1. The Kier molecular flexibility index (Phi) is 7.16. The zero-order chi connectivity index (χ0) is 16.8. The lowest BCUT2D eigenvalue weighted by molar-refractivity contribution is -0.120. The molecule has 0 aliphatic rings. The van der Waals surface area contributed by atoms with E-state index in [1.54, 1.807) is 24.3 Å². The van der Waals surface area contributed by atoms with Gasteiger partial charge in [0.15, 0.2) is 0 Å². The monoisotopic (exact) mass is 346 g/mol. The number of sulfonamides is 1. The van der Waals surface area contributed by atoms with Gasteiger partial charge in [0.1, 0.15) is 0 Å². The molecule has 1 amide bonds. The van der Waals surface area contributed by atoms with Gasteiger partial charge in [0.2, 0.25) is 15.9 Å². The summed E-state index contributed by atoms with van der Waals surface area (Å²) in [4.78, 5) is 11.8. The molecule has 5 nitrogen and oxygen atoms in total. The molecule has 0 aliphatic heterocycles. The van der Waals surface area contributed by atoms with Crippen molar-refractivity contribution in [3.63, 3.8) is 0 Å². The Bertz CT molecular complexity index is 585. The summed E-state index contributed by atoms with van der Waals surface area (Å²) in [5.74, 6) is 0.366. The summed E-state index contributed by atoms with van der Waals surface area (Å²) in [6.45, 7) is 4.88. The largest absolute Gasteiger partial charge is 0.356 e. The maximum absolute atomic E-state index is 11.9. The van der Waals surface area contributed by atoms with Crippen molar-refractivity contribution in [3.8, 4) is 0 Å². The molecular weight excluding hydrogens is 324 g/mol. The second-order valence-electron chi connectivity index (χ2n) is 5.59. The highest BCUT2D eigenvalue weighted by atomic mass is 35.5. The van der Waals surface area contributed by atoms with Crippen LogP contribution < -0.4 is 9.62 Å². The summed E-state index contributed by atoms with van der Waals surface area (Å²) in [5, 5.41) is 3.33. The Balaban J connectivity index is 2.64. The van der Waals surface area contributed by atoms with Gasteiger partial charge in [-0.1, -0.05) is 25.4 Å². The number of hydrogen-bond acceptors (Lipinski definition) is 3. The third-order valence-corrected chi connectivity index (χ3v) is 4.55. The van der Waals surface area contributed by atoms with Gasteiger partial charge in [-0.25, -0.2) is 8.42 Å². The molecule has 0 spiro atoms. The fourth-order valence-electron chi connectivity index (χ4n) is 1.89. The van der Waals surface area contributed by atoms with Crippen molar-refractivity contribution >= 4 is 33.2 Å². The number of halogens is 1. The summed E-state index contributed by atoms with van der Waals surface area (Å²) in [5.41, 5.74) is 0.502. The molecule has 0 heterocycles. The van der Waals surface area contributed by atoms with Gasteiger partial charge in [-0.2, -0.15) is 0 Å². The van der Waals surface area contributed by atoms with E-state index in [-0.39, 0.29) is 18.9 Å². The van der Waals surface area contributed by atoms with Gasteiger partial charge in [-0.3, -0.25) is 9.10 Å². The lowest BCUT2D eigenvalue weighted by atomic mass is 10.1. The van der Waals surface area contributed by atoms with Crippen LogP contribution in [0.1, 0.15) is 26.7 Å². The molecule has 0 atom stereocenters. The van der Waals surface area contributed by atoms with E-state index in [1.807, 2.05) is 0 Å². The summed E-state index contributed by atoms with van der Waals surface area (Å²) in [7, 11) is -3.45. The molecule has 124 valence electrons. The van der Waals surface area contributed by atoms with E-state index in [1.165, 1.54) is 4.31 Å². The van der Waals surface area contributed by atoms with Gasteiger partial charge >= 0.3 is 0 Å². The molecule has 0 bridgehead atoms. The maximum atomic E-state index is 11.9. The van der Waals surface area contributed by atoms with Crippen molar-refractivity contribution in [3.05, 3.63) is 29.3 Å². The zero-order valence-electron chi connectivity index (χ0n) is 13.2. The number of rotatable bonds is 8. The second-order valence-corrected chi connectivity index (χ2v) is 7.94. The molecule has 0 unspecified atom stereocenters. The van der Waals surface area contributed by atoms with Crippen molar-refractivity contribution in [1.29, 1.82) is 0 Å². The number of nitrogens with zero attached hydrogens (tertiary/aromatic N) is 1. The molecule has 0 radical (unpaired) electrons. The summed E-state index contributed by atoms with van der Waals surface area (Å²) in [6.07, 6.45) is 2.14. The van der Waals surface area contributed by atoms with Gasteiger partial charge in [0, 0.05) is 24.5 Å². The Morgan fingerprint density at radius 3 is 2.36 bits per heavy atom. The summed E-state index contributed by atoms with van der Waals surface area (Å²) in [6, 6.07) is 6.50. The van der Waals surface area contributed by atoms with Crippen LogP contribution in [0.2, 0.25) is 5.02 Å². The molecule has 0 saturated carbocycles. The minimum Gasteiger partial charge on any atom is -0.356 e. The first kappa shape index (κ1) is 18.8. The molecule has 7 heteroatoms. The first-order chi connectivity index (χ1) is 10.2. The molecule has 1 aromatic rings. The minimum absolute atomic E-state index is 0.105. The Morgan fingerprint density at radius 2 is 1.86 bits per heavy atom. The molecule has 0 aliphatic carbocycles.